The first-order valence-electron chi connectivity index (χ1n) is 20.3. The normalized spacial score (nSPS) is 15.3. The Kier molecular flexibility index (Phi) is 11.2. The molecule has 4 heterocycles. The summed E-state index contributed by atoms with van der Waals surface area (Å²) in [5.74, 6) is 0.559. The molecule has 0 unspecified atom stereocenters. The maximum atomic E-state index is 14.0. The van der Waals surface area contributed by atoms with Gasteiger partial charge in [-0.05, 0) is 74.4 Å². The quantitative estimate of drug-likeness (QED) is 0.102. The van der Waals surface area contributed by atoms with Gasteiger partial charge in [0.2, 0.25) is 0 Å². The Morgan fingerprint density at radius 1 is 0.828 bits per heavy atom. The van der Waals surface area contributed by atoms with Crippen molar-refractivity contribution in [2.75, 3.05) is 69.8 Å². The van der Waals surface area contributed by atoms with Gasteiger partial charge in [-0.3, -0.25) is 4.68 Å². The predicted molar refractivity (Wildman–Crippen MR) is 231 cm³/mol. The SMILES string of the molecule is CCOC(=O)c1c(CCCOc2cccc3ccccc23)c2cccc3c2n1CCCN(c1ccc(N2CCN(S(=O)(=O)N(C)C)CC2)cc1)Cc1c-3c(C)nn1C. The molecule has 2 aliphatic rings. The molecule has 0 aliphatic carbocycles. The summed E-state index contributed by atoms with van der Waals surface area (Å²) in [5, 5.41) is 8.25. The van der Waals surface area contributed by atoms with E-state index in [1.54, 1.807) is 18.4 Å². The van der Waals surface area contributed by atoms with Crippen molar-refractivity contribution in [1.29, 1.82) is 0 Å². The highest BCUT2D eigenvalue weighted by atomic mass is 32.2. The Morgan fingerprint density at radius 2 is 1.52 bits per heavy atom. The lowest BCUT2D eigenvalue weighted by Crippen LogP contribution is -2.51. The van der Waals surface area contributed by atoms with Crippen LogP contribution in [-0.4, -0.2) is 97.4 Å². The summed E-state index contributed by atoms with van der Waals surface area (Å²) in [4.78, 5) is 18.7. The van der Waals surface area contributed by atoms with Crippen molar-refractivity contribution in [1.82, 2.24) is 23.0 Å². The van der Waals surface area contributed by atoms with Gasteiger partial charge in [-0.15, -0.1) is 0 Å². The van der Waals surface area contributed by atoms with Crippen LogP contribution in [0, 0.1) is 6.92 Å². The number of fused-ring (bicyclic) bond motifs is 3. The average Bonchev–Trinajstić information content (AvgIpc) is 3.70. The van der Waals surface area contributed by atoms with E-state index in [1.807, 2.05) is 42.9 Å². The largest absolute Gasteiger partial charge is 0.493 e. The molecule has 8 rings (SSSR count). The topological polar surface area (TPSA) is 105 Å². The molecule has 58 heavy (non-hydrogen) atoms. The number of aryl methyl sites for hydroxylation is 4. The number of piperazine rings is 1. The molecule has 12 nitrogen and oxygen atoms in total. The number of anilines is 2. The van der Waals surface area contributed by atoms with Gasteiger partial charge in [0.1, 0.15) is 11.4 Å². The van der Waals surface area contributed by atoms with E-state index in [4.69, 9.17) is 14.6 Å². The number of esters is 1. The first-order chi connectivity index (χ1) is 28.1. The van der Waals surface area contributed by atoms with Gasteiger partial charge in [0.05, 0.1) is 36.7 Å². The van der Waals surface area contributed by atoms with E-state index in [-0.39, 0.29) is 12.6 Å². The van der Waals surface area contributed by atoms with Crippen molar-refractivity contribution < 1.29 is 22.7 Å². The third-order valence-electron chi connectivity index (χ3n) is 11.6. The third kappa shape index (κ3) is 7.42. The molecule has 0 bridgehead atoms. The maximum absolute atomic E-state index is 14.0. The summed E-state index contributed by atoms with van der Waals surface area (Å²) in [5.41, 5.74) is 9.00. The number of hydrogen-bond acceptors (Lipinski definition) is 8. The first-order valence-corrected chi connectivity index (χ1v) is 21.7. The van der Waals surface area contributed by atoms with Crippen molar-refractivity contribution in [2.45, 2.75) is 46.2 Å². The van der Waals surface area contributed by atoms with Crippen molar-refractivity contribution in [3.8, 4) is 16.9 Å². The van der Waals surface area contributed by atoms with E-state index >= 15 is 0 Å². The van der Waals surface area contributed by atoms with E-state index in [0.717, 1.165) is 86.3 Å². The second kappa shape index (κ2) is 16.5. The van der Waals surface area contributed by atoms with E-state index in [1.165, 1.54) is 4.31 Å². The molecule has 0 amide bonds. The summed E-state index contributed by atoms with van der Waals surface area (Å²) in [6.07, 6.45) is 2.18. The van der Waals surface area contributed by atoms with Crippen LogP contribution in [0.5, 0.6) is 5.75 Å². The van der Waals surface area contributed by atoms with E-state index in [2.05, 4.69) is 82.0 Å². The number of benzene rings is 4. The molecule has 2 aromatic heterocycles. The average molecular weight is 804 g/mol. The lowest BCUT2D eigenvalue weighted by atomic mass is 9.97. The molecule has 1 saturated heterocycles. The van der Waals surface area contributed by atoms with E-state index in [9.17, 15) is 13.2 Å². The molecule has 0 spiro atoms. The highest BCUT2D eigenvalue weighted by Crippen LogP contribution is 2.40. The minimum atomic E-state index is -3.43. The fourth-order valence-electron chi connectivity index (χ4n) is 8.76. The van der Waals surface area contributed by atoms with Gasteiger partial charge in [-0.2, -0.15) is 22.1 Å². The monoisotopic (exact) mass is 803 g/mol. The van der Waals surface area contributed by atoms with Gasteiger partial charge in [0, 0.05) is 93.7 Å². The number of carbonyl (C=O) groups is 1. The standard InChI is InChI=1S/C45H53N7O5S/c1-6-56-45(53)44-38(18-11-30-57-41-19-9-14-33-13-7-8-15-36(33)41)37-16-10-17-39-42-32(2)46-48(5)40(42)31-50(24-12-25-52(44)43(37)39)35-22-20-34(21-23-35)49-26-28-51(29-27-49)58(54,55)47(3)4/h7-10,13-17,19-23H,6,11-12,18,24-31H2,1-5H3. The zero-order valence-electron chi connectivity index (χ0n) is 34.1. The molecule has 0 atom stereocenters. The number of rotatable bonds is 11. The molecule has 1 fully saturated rings. The minimum absolute atomic E-state index is 0.289. The molecule has 0 radical (unpaired) electrons. The van der Waals surface area contributed by atoms with Gasteiger partial charge < -0.3 is 23.8 Å². The second-order valence-electron chi connectivity index (χ2n) is 15.3. The molecule has 0 saturated carbocycles. The van der Waals surface area contributed by atoms with E-state index < -0.39 is 10.2 Å². The third-order valence-corrected chi connectivity index (χ3v) is 13.5. The van der Waals surface area contributed by atoms with Crippen LogP contribution in [0.25, 0.3) is 32.8 Å². The smallest absolute Gasteiger partial charge is 0.355 e. The van der Waals surface area contributed by atoms with Gasteiger partial charge in [-0.25, -0.2) is 4.79 Å². The number of hydrogen-bond donors (Lipinski definition) is 0. The van der Waals surface area contributed by atoms with Crippen molar-refractivity contribution >= 4 is 49.2 Å². The minimum Gasteiger partial charge on any atom is -0.493 e. The van der Waals surface area contributed by atoms with Crippen LogP contribution in [0.4, 0.5) is 11.4 Å². The Morgan fingerprint density at radius 3 is 2.26 bits per heavy atom. The summed E-state index contributed by atoms with van der Waals surface area (Å²) >= 11 is 0. The first kappa shape index (κ1) is 39.5. The zero-order chi connectivity index (χ0) is 40.6. The van der Waals surface area contributed by atoms with Crippen LogP contribution in [0.3, 0.4) is 0 Å². The molecule has 304 valence electrons. The van der Waals surface area contributed by atoms with Crippen molar-refractivity contribution in [3.63, 3.8) is 0 Å². The molecule has 13 heteroatoms. The lowest BCUT2D eigenvalue weighted by Gasteiger charge is -2.36. The summed E-state index contributed by atoms with van der Waals surface area (Å²) in [6, 6.07) is 29.4. The van der Waals surface area contributed by atoms with Crippen molar-refractivity contribution in [2.24, 2.45) is 7.05 Å². The van der Waals surface area contributed by atoms with Crippen LogP contribution in [-0.2, 0) is 41.5 Å². The summed E-state index contributed by atoms with van der Waals surface area (Å²) in [6.45, 7) is 8.91. The van der Waals surface area contributed by atoms with E-state index in [0.29, 0.717) is 58.0 Å². The number of ether oxygens (including phenoxy) is 2. The highest BCUT2D eigenvalue weighted by molar-refractivity contribution is 7.86. The van der Waals surface area contributed by atoms with Crippen LogP contribution in [0.15, 0.2) is 84.9 Å². The fraction of sp³-hybridized carbons (Fsp3) is 0.378. The van der Waals surface area contributed by atoms with Crippen LogP contribution < -0.4 is 14.5 Å². The summed E-state index contributed by atoms with van der Waals surface area (Å²) in [7, 11) is 1.73. The van der Waals surface area contributed by atoms with Crippen molar-refractivity contribution in [3.05, 3.63) is 108 Å². The van der Waals surface area contributed by atoms with Gasteiger partial charge in [-0.1, -0.05) is 54.6 Å². The Bertz CT molecular complexity index is 2550. The van der Waals surface area contributed by atoms with Gasteiger partial charge in [0.15, 0.2) is 0 Å². The molecular weight excluding hydrogens is 751 g/mol. The fourth-order valence-corrected chi connectivity index (χ4v) is 9.85. The van der Waals surface area contributed by atoms with Crippen LogP contribution in [0.2, 0.25) is 0 Å². The lowest BCUT2D eigenvalue weighted by molar-refractivity contribution is 0.0512. The molecule has 2 aliphatic heterocycles. The highest BCUT2D eigenvalue weighted by Gasteiger charge is 2.31. The Hall–Kier alpha value is -5.37. The molecular formula is C45H53N7O5S. The van der Waals surface area contributed by atoms with Gasteiger partial charge in [0.25, 0.3) is 10.2 Å². The van der Waals surface area contributed by atoms with Crippen LogP contribution in [0.1, 0.15) is 47.2 Å². The Labute approximate surface area is 341 Å². The van der Waals surface area contributed by atoms with Gasteiger partial charge >= 0.3 is 5.97 Å². The predicted octanol–water partition coefficient (Wildman–Crippen LogP) is 7.03. The Balaban J connectivity index is 1.09. The second-order valence-corrected chi connectivity index (χ2v) is 17.5. The molecule has 0 N–H and O–H groups in total. The maximum Gasteiger partial charge on any atom is 0.355 e. The number of aromatic nitrogens is 3. The number of nitrogens with zero attached hydrogens (tertiary/aromatic N) is 7. The molecule has 4 aromatic carbocycles. The zero-order valence-corrected chi connectivity index (χ0v) is 35.0. The molecule has 6 aromatic rings. The number of carbonyl (C=O) groups excluding carboxylic acids is 1. The number of para-hydroxylation sites is 1. The van der Waals surface area contributed by atoms with Crippen LogP contribution >= 0.6 is 0 Å². The summed E-state index contributed by atoms with van der Waals surface area (Å²) < 4.78 is 44.6.